The molecule has 0 aromatic heterocycles. The highest BCUT2D eigenvalue weighted by Crippen LogP contribution is 2.15. The molecule has 1 aromatic rings. The Morgan fingerprint density at radius 3 is 2.75 bits per heavy atom. The minimum atomic E-state index is -2.63. The van der Waals surface area contributed by atoms with Crippen molar-refractivity contribution in [3.05, 3.63) is 35.9 Å². The summed E-state index contributed by atoms with van der Waals surface area (Å²) in [4.78, 5) is 0. The lowest BCUT2D eigenvalue weighted by molar-refractivity contribution is 0.140. The fourth-order valence-electron chi connectivity index (χ4n) is 0.922. The van der Waals surface area contributed by atoms with Crippen molar-refractivity contribution >= 4 is 0 Å². The van der Waals surface area contributed by atoms with Gasteiger partial charge in [0.25, 0.3) is 0 Å². The molecule has 0 bridgehead atoms. The third kappa shape index (κ3) is 2.06. The van der Waals surface area contributed by atoms with E-state index in [-0.39, 0.29) is 0 Å². The summed E-state index contributed by atoms with van der Waals surface area (Å²) in [7, 11) is 0. The van der Waals surface area contributed by atoms with Crippen molar-refractivity contribution in [3.8, 4) is 0 Å². The molecule has 0 fully saturated rings. The van der Waals surface area contributed by atoms with Crippen LogP contribution in [-0.4, -0.2) is 18.1 Å². The lowest BCUT2D eigenvalue weighted by atomic mass is 10.0. The highest BCUT2D eigenvalue weighted by Gasteiger charge is 2.12. The summed E-state index contributed by atoms with van der Waals surface area (Å²) in [6.45, 7) is -5.25. The number of aliphatic hydroxyl groups is 1. The van der Waals surface area contributed by atoms with Gasteiger partial charge in [0.15, 0.2) is 0 Å². The first-order valence-corrected chi connectivity index (χ1v) is 3.62. The van der Waals surface area contributed by atoms with Gasteiger partial charge in [-0.3, -0.25) is 0 Å². The summed E-state index contributed by atoms with van der Waals surface area (Å²) in [5.41, 5.74) is 0.357. The highest BCUT2D eigenvalue weighted by molar-refractivity contribution is 5.18. The van der Waals surface area contributed by atoms with Gasteiger partial charge in [-0.25, -0.2) is 0 Å². The summed E-state index contributed by atoms with van der Waals surface area (Å²) in [6, 6.07) is 6.55. The van der Waals surface area contributed by atoms with E-state index in [1.54, 1.807) is 30.3 Å². The van der Waals surface area contributed by atoms with Crippen LogP contribution in [0.5, 0.6) is 0 Å². The van der Waals surface area contributed by atoms with Crippen LogP contribution in [0.25, 0.3) is 0 Å². The van der Waals surface area contributed by atoms with Crippen molar-refractivity contribution in [3.63, 3.8) is 0 Å². The SMILES string of the molecule is [2H]C([2H])([2H])N[C@H]([C@@H](O)c1ccccc1)C([2H])([2H])[2H]. The molecule has 0 spiro atoms. The number of hydrogen-bond donors (Lipinski definition) is 2. The Labute approximate surface area is 81.7 Å². The first kappa shape index (κ1) is 3.90. The fourth-order valence-corrected chi connectivity index (χ4v) is 0.922. The van der Waals surface area contributed by atoms with E-state index in [4.69, 9.17) is 8.22 Å². The van der Waals surface area contributed by atoms with Crippen molar-refractivity contribution in [2.75, 3.05) is 6.98 Å². The Morgan fingerprint density at radius 1 is 1.42 bits per heavy atom. The molecular formula is C10H15NO. The number of hydrogen-bond acceptors (Lipinski definition) is 2. The van der Waals surface area contributed by atoms with E-state index in [9.17, 15) is 5.11 Å². The zero-order chi connectivity index (χ0) is 14.0. The third-order valence-electron chi connectivity index (χ3n) is 1.61. The molecule has 0 amide bonds. The van der Waals surface area contributed by atoms with Crippen LogP contribution in [0.4, 0.5) is 0 Å². The number of likely N-dealkylation sites (N-methyl/N-ethyl adjacent to an activating group) is 1. The zero-order valence-corrected chi connectivity index (χ0v) is 6.49. The van der Waals surface area contributed by atoms with Gasteiger partial charge in [-0.05, 0) is 19.4 Å². The molecule has 0 aliphatic heterocycles. The lowest BCUT2D eigenvalue weighted by Gasteiger charge is -2.17. The molecule has 2 heteroatoms. The van der Waals surface area contributed by atoms with Crippen LogP contribution in [0.1, 0.15) is 26.7 Å². The maximum atomic E-state index is 10.0. The lowest BCUT2D eigenvalue weighted by Crippen LogP contribution is -2.28. The van der Waals surface area contributed by atoms with E-state index >= 15 is 0 Å². The summed E-state index contributed by atoms with van der Waals surface area (Å²) in [6.07, 6.45) is -1.42. The van der Waals surface area contributed by atoms with Crippen LogP contribution in [0.3, 0.4) is 0 Å². The van der Waals surface area contributed by atoms with Crippen LogP contribution in [-0.2, 0) is 0 Å². The molecule has 0 heterocycles. The van der Waals surface area contributed by atoms with Crippen molar-refractivity contribution in [2.24, 2.45) is 0 Å². The van der Waals surface area contributed by atoms with Gasteiger partial charge in [0.05, 0.1) is 6.10 Å². The van der Waals surface area contributed by atoms with Crippen LogP contribution in [0, 0.1) is 0 Å². The van der Waals surface area contributed by atoms with Gasteiger partial charge >= 0.3 is 0 Å². The van der Waals surface area contributed by atoms with Gasteiger partial charge in [0.2, 0.25) is 0 Å². The summed E-state index contributed by atoms with van der Waals surface area (Å²) in [5.74, 6) is 0. The predicted octanol–water partition coefficient (Wildman–Crippen LogP) is 1.33. The van der Waals surface area contributed by atoms with Gasteiger partial charge in [-0.2, -0.15) is 0 Å². The number of aliphatic hydroxyl groups excluding tert-OH is 1. The van der Waals surface area contributed by atoms with Crippen molar-refractivity contribution < 1.29 is 13.3 Å². The Hall–Kier alpha value is -0.860. The minimum Gasteiger partial charge on any atom is -0.387 e. The van der Waals surface area contributed by atoms with Gasteiger partial charge in [-0.15, -0.1) is 0 Å². The van der Waals surface area contributed by atoms with Crippen molar-refractivity contribution in [1.29, 1.82) is 0 Å². The van der Waals surface area contributed by atoms with E-state index in [0.29, 0.717) is 5.56 Å². The van der Waals surface area contributed by atoms with Crippen LogP contribution in [0.15, 0.2) is 30.3 Å². The first-order chi connectivity index (χ1) is 8.11. The summed E-state index contributed by atoms with van der Waals surface area (Å²) < 4.78 is 43.1. The van der Waals surface area contributed by atoms with Crippen molar-refractivity contribution in [1.82, 2.24) is 5.32 Å². The average Bonchev–Trinajstić information content (AvgIpc) is 2.24. The smallest absolute Gasteiger partial charge is 0.0940 e. The molecule has 0 aliphatic rings. The molecule has 0 saturated heterocycles. The second-order valence-electron chi connectivity index (χ2n) is 2.48. The second-order valence-corrected chi connectivity index (χ2v) is 2.48. The van der Waals surface area contributed by atoms with Gasteiger partial charge < -0.3 is 10.4 Å². The van der Waals surface area contributed by atoms with Crippen LogP contribution < -0.4 is 5.32 Å². The van der Waals surface area contributed by atoms with E-state index in [0.717, 1.165) is 0 Å². The Balaban J connectivity index is 2.97. The van der Waals surface area contributed by atoms with Crippen molar-refractivity contribution in [2.45, 2.75) is 19.0 Å². The van der Waals surface area contributed by atoms with Gasteiger partial charge in [0, 0.05) is 14.3 Å². The van der Waals surface area contributed by atoms with Crippen LogP contribution >= 0.6 is 0 Å². The standard InChI is InChI=1S/C10H15NO/c1-8(11-2)10(12)9-6-4-3-5-7-9/h3-8,10-12H,1-2H3/t8-,10+/m0/s1/i1D3,2D3. The summed E-state index contributed by atoms with van der Waals surface area (Å²) in [5, 5.41) is 12.0. The van der Waals surface area contributed by atoms with Gasteiger partial charge in [0.1, 0.15) is 0 Å². The molecule has 0 saturated carbocycles. The number of benzene rings is 1. The fraction of sp³-hybridized carbons (Fsp3) is 0.400. The quantitative estimate of drug-likeness (QED) is 0.719. The molecule has 0 aliphatic carbocycles. The summed E-state index contributed by atoms with van der Waals surface area (Å²) >= 11 is 0. The van der Waals surface area contributed by atoms with E-state index in [2.05, 4.69) is 0 Å². The maximum absolute atomic E-state index is 10.0. The molecular weight excluding hydrogens is 150 g/mol. The average molecular weight is 171 g/mol. The van der Waals surface area contributed by atoms with Crippen LogP contribution in [0.2, 0.25) is 0 Å². The molecule has 2 nitrogen and oxygen atoms in total. The highest BCUT2D eigenvalue weighted by atomic mass is 16.3. The Morgan fingerprint density at radius 2 is 2.17 bits per heavy atom. The normalized spacial score (nSPS) is 25.1. The Kier molecular flexibility index (Phi) is 1.38. The first-order valence-electron chi connectivity index (χ1n) is 6.62. The monoisotopic (exact) mass is 171 g/mol. The molecule has 1 rings (SSSR count). The number of nitrogens with one attached hydrogen (secondary N) is 1. The third-order valence-corrected chi connectivity index (χ3v) is 1.61. The largest absolute Gasteiger partial charge is 0.387 e. The molecule has 0 radical (unpaired) electrons. The predicted molar refractivity (Wildman–Crippen MR) is 49.9 cm³/mol. The zero-order valence-electron chi connectivity index (χ0n) is 12.5. The molecule has 1 aromatic carbocycles. The van der Waals surface area contributed by atoms with E-state index in [1.807, 2.05) is 5.32 Å². The topological polar surface area (TPSA) is 32.3 Å². The Bertz CT molecular complexity index is 374. The van der Waals surface area contributed by atoms with Gasteiger partial charge in [-0.1, -0.05) is 30.3 Å². The molecule has 2 atom stereocenters. The van der Waals surface area contributed by atoms with E-state index < -0.39 is 26.0 Å². The molecule has 2 N–H and O–H groups in total. The maximum Gasteiger partial charge on any atom is 0.0940 e. The second kappa shape index (κ2) is 4.24. The molecule has 12 heavy (non-hydrogen) atoms. The minimum absolute atomic E-state index is 0.357. The molecule has 0 unspecified atom stereocenters. The number of rotatable bonds is 3. The van der Waals surface area contributed by atoms with E-state index in [1.165, 1.54) is 0 Å². The molecule has 66 valence electrons.